The first-order chi connectivity index (χ1) is 49.0. The summed E-state index contributed by atoms with van der Waals surface area (Å²) in [6, 6.07) is 9.26. The fraction of sp³-hybridized carbons (Fsp3) is 0.552. The van der Waals surface area contributed by atoms with Crippen LogP contribution in [-0.4, -0.2) is 194 Å². The minimum atomic E-state index is -4.46. The second kappa shape index (κ2) is 40.2. The van der Waals surface area contributed by atoms with E-state index in [0.717, 1.165) is 46.8 Å². The molecule has 1 saturated heterocycles. The Balaban J connectivity index is 0.690. The van der Waals surface area contributed by atoms with Crippen molar-refractivity contribution in [1.29, 1.82) is 0 Å². The van der Waals surface area contributed by atoms with Gasteiger partial charge in [0.1, 0.15) is 30.8 Å². The number of anilines is 2. The number of nitrogens with zero attached hydrogens (tertiary/aromatic N) is 4. The minimum absolute atomic E-state index is 0.0780. The lowest BCUT2D eigenvalue weighted by Gasteiger charge is -2.25. The Labute approximate surface area is 618 Å². The zero-order valence-corrected chi connectivity index (χ0v) is 64.9. The highest BCUT2D eigenvalue weighted by molar-refractivity contribution is 8.77. The molecular formula is C67H95N9O20PS6+. The Morgan fingerprint density at radius 2 is 1.54 bits per heavy atom. The third-order valence-electron chi connectivity index (χ3n) is 16.9. The first-order valence-corrected chi connectivity index (χ1v) is 42.7. The number of hydrogen-bond donors (Lipinski definition) is 8. The van der Waals surface area contributed by atoms with Crippen LogP contribution in [0.15, 0.2) is 93.3 Å². The summed E-state index contributed by atoms with van der Waals surface area (Å²) in [6.45, 7) is 17.6. The fourth-order valence-corrected chi connectivity index (χ4v) is 16.1. The number of nitrogen functional groups attached to an aromatic ring is 1. The average molecular weight is 1570 g/mol. The second-order valence-electron chi connectivity index (χ2n) is 25.5. The van der Waals surface area contributed by atoms with Crippen molar-refractivity contribution in [2.24, 2.45) is 0 Å². The fourth-order valence-electron chi connectivity index (χ4n) is 11.7. The number of carbonyl (C=O) groups is 3. The first kappa shape index (κ1) is 84.4. The van der Waals surface area contributed by atoms with Crippen LogP contribution in [-0.2, 0) is 78.1 Å². The number of nitrogens with one attached hydrogen (secondary N) is 4. The normalized spacial score (nSPS) is 17.8. The van der Waals surface area contributed by atoms with E-state index in [4.69, 9.17) is 43.4 Å². The van der Waals surface area contributed by atoms with Gasteiger partial charge in [-0.2, -0.15) is 26.4 Å². The van der Waals surface area contributed by atoms with Gasteiger partial charge in [0, 0.05) is 91.0 Å². The van der Waals surface area contributed by atoms with Crippen LogP contribution in [0.3, 0.4) is 0 Å². The maximum absolute atomic E-state index is 13.0. The summed E-state index contributed by atoms with van der Waals surface area (Å²) in [5.74, 6) is 6.31. The van der Waals surface area contributed by atoms with Crippen LogP contribution in [0, 0.1) is 11.8 Å². The third-order valence-corrected chi connectivity index (χ3v) is 23.5. The molecule has 2 aromatic heterocycles. The number of H-pyrrole nitrogens is 1. The number of amides is 3. The number of carbonyl (C=O) groups excluding carboxylic acids is 3. The van der Waals surface area contributed by atoms with E-state index in [1.165, 1.54) is 45.9 Å². The van der Waals surface area contributed by atoms with Gasteiger partial charge in [-0.1, -0.05) is 87.1 Å². The van der Waals surface area contributed by atoms with Crippen LogP contribution in [0.1, 0.15) is 123 Å². The van der Waals surface area contributed by atoms with Gasteiger partial charge in [-0.15, -0.1) is 0 Å². The molecule has 2 aromatic carbocycles. The van der Waals surface area contributed by atoms with Crippen molar-refractivity contribution in [3.8, 4) is 11.8 Å². The number of likely N-dealkylation sites (N-methyl/N-ethyl adjacent to an activating group) is 1. The van der Waals surface area contributed by atoms with E-state index in [1.54, 1.807) is 44.5 Å². The highest BCUT2D eigenvalue weighted by atomic mass is 33.1. The maximum atomic E-state index is 13.0. The summed E-state index contributed by atoms with van der Waals surface area (Å²) in [4.78, 5) is 68.3. The van der Waals surface area contributed by atoms with E-state index in [-0.39, 0.29) is 76.9 Å². The van der Waals surface area contributed by atoms with Gasteiger partial charge < -0.3 is 73.7 Å². The van der Waals surface area contributed by atoms with Crippen LogP contribution in [0.2, 0.25) is 0 Å². The molecule has 0 spiro atoms. The molecule has 0 bridgehead atoms. The Morgan fingerprint density at radius 1 is 0.854 bits per heavy atom. The van der Waals surface area contributed by atoms with Gasteiger partial charge in [0.25, 0.3) is 25.8 Å². The van der Waals surface area contributed by atoms with E-state index >= 15 is 0 Å². The lowest BCUT2D eigenvalue weighted by molar-refractivity contribution is -0.438. The summed E-state index contributed by atoms with van der Waals surface area (Å²) in [7, 11) is -5.90. The highest BCUT2D eigenvalue weighted by Gasteiger charge is 2.45. The van der Waals surface area contributed by atoms with Crippen LogP contribution in [0.4, 0.5) is 26.9 Å². The number of unbranched alkanes of at least 4 members (excludes halogenated alkanes) is 3. The Hall–Kier alpha value is -5.91. The SMILES string of the molecule is CCN1\C(=C/C=C/C=C/C2=[N+](CCCCCC(=O)NCCOCCOCCNC(=O)OCCC(C)(C)SSCOCCCCOC(=O)NCC#Cc3cn(C4CC(OCSSC)[C@@H](CO[PH](=O)O)O4)c4nc(N)[nH]c(=O)c34)c3ccc(S(=O)(=O)O)cc3C2(C)C)C(C)(C)c2cc(S(=O)(=O)O)ccc21. The van der Waals surface area contributed by atoms with Crippen molar-refractivity contribution in [2.75, 3.05) is 114 Å². The van der Waals surface area contributed by atoms with E-state index in [9.17, 15) is 54.6 Å². The molecular weight excluding hydrogens is 1470 g/mol. The van der Waals surface area contributed by atoms with Crippen molar-refractivity contribution >= 4 is 124 Å². The molecule has 1 fully saturated rings. The molecule has 3 amide bonds. The van der Waals surface area contributed by atoms with Crippen molar-refractivity contribution < 1.29 is 92.0 Å². The molecule has 3 aliphatic heterocycles. The van der Waals surface area contributed by atoms with Gasteiger partial charge in [-0.3, -0.25) is 28.2 Å². The molecule has 103 heavy (non-hydrogen) atoms. The number of nitrogens with two attached hydrogens (primary N) is 1. The summed E-state index contributed by atoms with van der Waals surface area (Å²) in [5.41, 5.74) is 9.79. The predicted octanol–water partition coefficient (Wildman–Crippen LogP) is 9.55. The smallest absolute Gasteiger partial charge is 0.407 e. The Kier molecular flexibility index (Phi) is 32.9. The number of allylic oxidation sites excluding steroid dienone is 6. The van der Waals surface area contributed by atoms with Gasteiger partial charge in [-0.25, -0.2) is 9.59 Å². The van der Waals surface area contributed by atoms with Gasteiger partial charge in [0.05, 0.1) is 85.1 Å². The zero-order chi connectivity index (χ0) is 75.0. The second-order valence-corrected chi connectivity index (χ2v) is 34.6. The number of aromatic amines is 1. The molecule has 36 heteroatoms. The standard InChI is InChI=1S/C67H94N9O20PS6/c1-9-74-51-25-23-47(102(83,84)85)39-49(51)66(4,5)55(74)20-12-10-13-21-56-67(6,7)50-40-48(103(86,87)88)24-26-52(50)75(56)31-15-11-14-22-57(77)69-29-35-89-37-38-90-36-30-71-64(80)93-34-27-65(2,3)101-100-44-91-32-16-17-33-92-63(79)70-28-18-19-46-42-76(60-59(46)61(78)73-62(68)72-60)58-41-53(94-45-99-98-8)54(96-58)43-95-97(81)82/h10,12-13,20-21,23-26,39-40,42,53-54,58,97H,9,11,14-17,22,27-38,41,43-45H2,1-8H3,(H8-,68,69,70,71,72,73,77,78,79,80,81,82,83,84,85,86,87,88)/p+1/t53?,54-,58?/m1/s1. The number of benzene rings is 2. The number of aromatic nitrogens is 3. The predicted molar refractivity (Wildman–Crippen MR) is 402 cm³/mol. The molecule has 3 aliphatic rings. The highest BCUT2D eigenvalue weighted by Crippen LogP contribution is 2.49. The van der Waals surface area contributed by atoms with E-state index in [0.29, 0.717) is 102 Å². The maximum Gasteiger partial charge on any atom is 0.407 e. The first-order valence-electron chi connectivity index (χ1n) is 33.5. The van der Waals surface area contributed by atoms with E-state index in [2.05, 4.69) is 47.2 Å². The summed E-state index contributed by atoms with van der Waals surface area (Å²) in [5, 5.41) is 8.31. The largest absolute Gasteiger partial charge is 0.450 e. The Bertz CT molecular complexity index is 4100. The van der Waals surface area contributed by atoms with Crippen LogP contribution < -0.4 is 32.1 Å². The zero-order valence-electron chi connectivity index (χ0n) is 59.0. The molecule has 0 radical (unpaired) electrons. The van der Waals surface area contributed by atoms with Gasteiger partial charge in [-0.05, 0) is 115 Å². The molecule has 29 nitrogen and oxygen atoms in total. The molecule has 4 aromatic rings. The summed E-state index contributed by atoms with van der Waals surface area (Å²) in [6.07, 6.45) is 14.7. The van der Waals surface area contributed by atoms with Gasteiger partial charge in [0.2, 0.25) is 17.5 Å². The lowest BCUT2D eigenvalue weighted by Crippen LogP contribution is -2.30. The molecule has 5 heterocycles. The van der Waals surface area contributed by atoms with Crippen LogP contribution in [0.25, 0.3) is 11.0 Å². The molecule has 7 rings (SSSR count). The third kappa shape index (κ3) is 25.1. The molecule has 0 saturated carbocycles. The number of ether oxygens (including phenoxy) is 7. The van der Waals surface area contributed by atoms with Crippen molar-refractivity contribution in [2.45, 2.75) is 144 Å². The molecule has 4 atom stereocenters. The molecule has 9 N–H and O–H groups in total. The van der Waals surface area contributed by atoms with Crippen LogP contribution >= 0.6 is 51.4 Å². The number of rotatable bonds is 42. The average Bonchev–Trinajstić information content (AvgIpc) is 1.60. The molecule has 3 unspecified atom stereocenters. The minimum Gasteiger partial charge on any atom is -0.450 e. The number of fused-ring (bicyclic) bond motifs is 3. The van der Waals surface area contributed by atoms with Crippen molar-refractivity contribution in [1.82, 2.24) is 30.5 Å². The quantitative estimate of drug-likeness (QED) is 0.00299. The lowest BCUT2D eigenvalue weighted by atomic mass is 9.81. The number of alkyl carbamates (subject to hydrolysis) is 2. The van der Waals surface area contributed by atoms with Crippen molar-refractivity contribution in [3.05, 3.63) is 106 Å². The Morgan fingerprint density at radius 3 is 2.25 bits per heavy atom. The van der Waals surface area contributed by atoms with Crippen LogP contribution in [0.5, 0.6) is 0 Å². The summed E-state index contributed by atoms with van der Waals surface area (Å²) < 4.78 is 128. The molecule has 568 valence electrons. The van der Waals surface area contributed by atoms with Gasteiger partial charge in [0.15, 0.2) is 11.4 Å². The topological polar surface area (TPSA) is 390 Å². The number of hydrogen-bond acceptors (Lipinski definition) is 24. The molecule has 0 aliphatic carbocycles. The van der Waals surface area contributed by atoms with E-state index < -0.39 is 75.5 Å². The van der Waals surface area contributed by atoms with Gasteiger partial charge >= 0.3 is 20.4 Å². The summed E-state index contributed by atoms with van der Waals surface area (Å²) >= 11 is 0. The monoisotopic (exact) mass is 1570 g/mol. The van der Waals surface area contributed by atoms with E-state index in [1.807, 2.05) is 85.1 Å². The van der Waals surface area contributed by atoms with Crippen molar-refractivity contribution in [3.63, 3.8) is 0 Å².